The van der Waals surface area contributed by atoms with E-state index in [1.807, 2.05) is 24.3 Å². The van der Waals surface area contributed by atoms with Crippen molar-refractivity contribution in [3.63, 3.8) is 0 Å². The van der Waals surface area contributed by atoms with Gasteiger partial charge in [0.05, 0.1) is 5.92 Å². The van der Waals surface area contributed by atoms with Crippen molar-refractivity contribution in [2.45, 2.75) is 39.5 Å². The molecule has 0 heterocycles. The maximum absolute atomic E-state index is 11.5. The van der Waals surface area contributed by atoms with Crippen LogP contribution < -0.4 is 0 Å². The van der Waals surface area contributed by atoms with Gasteiger partial charge in [-0.3, -0.25) is 4.79 Å². The monoisotopic (exact) mass is 294 g/mol. The molecule has 1 aromatic rings. The summed E-state index contributed by atoms with van der Waals surface area (Å²) in [5, 5.41) is 10.2. The van der Waals surface area contributed by atoms with Crippen molar-refractivity contribution in [2.75, 3.05) is 0 Å². The molecule has 110 valence electrons. The maximum Gasteiger partial charge on any atom is 0.306 e. The molecule has 0 aromatic heterocycles. The zero-order chi connectivity index (χ0) is 14.7. The van der Waals surface area contributed by atoms with Gasteiger partial charge in [-0.1, -0.05) is 37.6 Å². The molecule has 3 heteroatoms. The fourth-order valence-corrected chi connectivity index (χ4v) is 3.51. The highest BCUT2D eigenvalue weighted by Gasteiger charge is 2.35. The van der Waals surface area contributed by atoms with E-state index in [9.17, 15) is 9.90 Å². The summed E-state index contributed by atoms with van der Waals surface area (Å²) in [6.45, 7) is 4.48. The van der Waals surface area contributed by atoms with Crippen molar-refractivity contribution in [3.05, 3.63) is 34.9 Å². The summed E-state index contributed by atoms with van der Waals surface area (Å²) in [5.41, 5.74) is 1.19. The number of aliphatic carboxylic acids is 1. The highest BCUT2D eigenvalue weighted by atomic mass is 35.5. The second kappa shape index (κ2) is 6.62. The van der Waals surface area contributed by atoms with E-state index in [-0.39, 0.29) is 11.8 Å². The topological polar surface area (TPSA) is 37.3 Å². The van der Waals surface area contributed by atoms with Crippen molar-refractivity contribution in [2.24, 2.45) is 23.7 Å². The van der Waals surface area contributed by atoms with Gasteiger partial charge in [0.15, 0.2) is 0 Å². The Kier molecular flexibility index (Phi) is 5.09. The summed E-state index contributed by atoms with van der Waals surface area (Å²) in [6, 6.07) is 7.80. The van der Waals surface area contributed by atoms with Gasteiger partial charge in [0.2, 0.25) is 0 Å². The first-order valence-electron chi connectivity index (χ1n) is 7.44. The van der Waals surface area contributed by atoms with E-state index < -0.39 is 5.97 Å². The lowest BCUT2D eigenvalue weighted by Gasteiger charge is -2.36. The Morgan fingerprint density at radius 2 is 1.95 bits per heavy atom. The Morgan fingerprint density at radius 3 is 2.50 bits per heavy atom. The molecule has 3 unspecified atom stereocenters. The first-order valence-corrected chi connectivity index (χ1v) is 7.82. The van der Waals surface area contributed by atoms with Crippen LogP contribution in [0.25, 0.3) is 0 Å². The molecule has 20 heavy (non-hydrogen) atoms. The molecule has 0 bridgehead atoms. The molecular weight excluding hydrogens is 272 g/mol. The molecule has 2 nitrogen and oxygen atoms in total. The predicted octanol–water partition coefficient (Wildman–Crippen LogP) is 4.66. The van der Waals surface area contributed by atoms with Crippen LogP contribution in [0.1, 0.15) is 38.7 Å². The zero-order valence-electron chi connectivity index (χ0n) is 12.2. The number of hydrogen-bond donors (Lipinski definition) is 1. The lowest BCUT2D eigenvalue weighted by molar-refractivity contribution is -0.145. The van der Waals surface area contributed by atoms with Gasteiger partial charge in [0.1, 0.15) is 0 Å². The fraction of sp³-hybridized carbons (Fsp3) is 0.588. The standard InChI is InChI=1S/C17H23ClO2/c1-11(2)13-5-8-16(17(19)20)14(10-13)9-12-3-6-15(18)7-4-12/h3-4,6-7,11,13-14,16H,5,8-10H2,1-2H3,(H,19,20). The average Bonchev–Trinajstić information content (AvgIpc) is 2.41. The van der Waals surface area contributed by atoms with Crippen LogP contribution in [-0.2, 0) is 11.2 Å². The Balaban J connectivity index is 2.10. The van der Waals surface area contributed by atoms with Crippen LogP contribution in [0, 0.1) is 23.7 Å². The summed E-state index contributed by atoms with van der Waals surface area (Å²) in [6.07, 6.45) is 3.73. The third-order valence-corrected chi connectivity index (χ3v) is 4.95. The molecule has 1 fully saturated rings. The summed E-state index contributed by atoms with van der Waals surface area (Å²) in [7, 11) is 0. The molecule has 1 aliphatic rings. The minimum Gasteiger partial charge on any atom is -0.481 e. The predicted molar refractivity (Wildman–Crippen MR) is 82.0 cm³/mol. The van der Waals surface area contributed by atoms with Crippen molar-refractivity contribution < 1.29 is 9.90 Å². The lowest BCUT2D eigenvalue weighted by Crippen LogP contribution is -2.33. The zero-order valence-corrected chi connectivity index (χ0v) is 12.9. The quantitative estimate of drug-likeness (QED) is 0.877. The molecule has 0 aliphatic heterocycles. The number of carboxylic acids is 1. The average molecular weight is 295 g/mol. The van der Waals surface area contributed by atoms with Crippen LogP contribution >= 0.6 is 11.6 Å². The minimum atomic E-state index is -0.633. The fourth-order valence-electron chi connectivity index (χ4n) is 3.38. The van der Waals surface area contributed by atoms with E-state index in [1.54, 1.807) is 0 Å². The SMILES string of the molecule is CC(C)C1CCC(C(=O)O)C(Cc2ccc(Cl)cc2)C1. The lowest BCUT2D eigenvalue weighted by atomic mass is 9.69. The highest BCUT2D eigenvalue weighted by molar-refractivity contribution is 6.30. The van der Waals surface area contributed by atoms with Crippen LogP contribution in [0.15, 0.2) is 24.3 Å². The van der Waals surface area contributed by atoms with E-state index in [0.29, 0.717) is 11.8 Å². The second-order valence-corrected chi connectivity index (χ2v) is 6.79. The number of carbonyl (C=O) groups is 1. The molecule has 0 spiro atoms. The Hall–Kier alpha value is -1.02. The Morgan fingerprint density at radius 1 is 1.30 bits per heavy atom. The van der Waals surface area contributed by atoms with E-state index >= 15 is 0 Å². The summed E-state index contributed by atoms with van der Waals surface area (Å²) < 4.78 is 0. The van der Waals surface area contributed by atoms with Gasteiger partial charge < -0.3 is 5.11 Å². The Labute approximate surface area is 126 Å². The van der Waals surface area contributed by atoms with Crippen LogP contribution in [-0.4, -0.2) is 11.1 Å². The van der Waals surface area contributed by atoms with Gasteiger partial charge in [0.25, 0.3) is 0 Å². The molecule has 1 aliphatic carbocycles. The molecule has 1 N–H and O–H groups in total. The smallest absolute Gasteiger partial charge is 0.306 e. The molecule has 1 saturated carbocycles. The number of hydrogen-bond acceptors (Lipinski definition) is 1. The first kappa shape index (κ1) is 15.4. The third kappa shape index (κ3) is 3.76. The van der Waals surface area contributed by atoms with Crippen LogP contribution in [0.2, 0.25) is 5.02 Å². The van der Waals surface area contributed by atoms with Gasteiger partial charge in [-0.15, -0.1) is 0 Å². The van der Waals surface area contributed by atoms with E-state index in [4.69, 9.17) is 11.6 Å². The molecule has 0 amide bonds. The van der Waals surface area contributed by atoms with Crippen molar-refractivity contribution >= 4 is 17.6 Å². The molecular formula is C17H23ClO2. The molecule has 1 aromatic carbocycles. The van der Waals surface area contributed by atoms with Gasteiger partial charge in [-0.05, 0) is 61.1 Å². The molecule has 0 saturated heterocycles. The highest BCUT2D eigenvalue weighted by Crippen LogP contribution is 2.39. The Bertz CT molecular complexity index is 453. The van der Waals surface area contributed by atoms with Gasteiger partial charge in [-0.25, -0.2) is 0 Å². The normalized spacial score (nSPS) is 26.7. The number of benzene rings is 1. The van der Waals surface area contributed by atoms with Crippen LogP contribution in [0.5, 0.6) is 0 Å². The molecule has 2 rings (SSSR count). The van der Waals surface area contributed by atoms with Crippen LogP contribution in [0.3, 0.4) is 0 Å². The third-order valence-electron chi connectivity index (χ3n) is 4.69. The summed E-state index contributed by atoms with van der Waals surface area (Å²) in [4.78, 5) is 11.5. The second-order valence-electron chi connectivity index (χ2n) is 6.35. The van der Waals surface area contributed by atoms with E-state index in [0.717, 1.165) is 30.7 Å². The van der Waals surface area contributed by atoms with Crippen LogP contribution in [0.4, 0.5) is 0 Å². The van der Waals surface area contributed by atoms with Gasteiger partial charge in [0, 0.05) is 5.02 Å². The molecule has 3 atom stereocenters. The number of carboxylic acid groups (broad SMARTS) is 1. The minimum absolute atomic E-state index is 0.194. The van der Waals surface area contributed by atoms with Crippen molar-refractivity contribution in [1.29, 1.82) is 0 Å². The number of halogens is 1. The van der Waals surface area contributed by atoms with E-state index in [2.05, 4.69) is 13.8 Å². The van der Waals surface area contributed by atoms with Crippen molar-refractivity contribution in [1.82, 2.24) is 0 Å². The van der Waals surface area contributed by atoms with E-state index in [1.165, 1.54) is 5.56 Å². The number of rotatable bonds is 4. The first-order chi connectivity index (χ1) is 9.47. The maximum atomic E-state index is 11.5. The largest absolute Gasteiger partial charge is 0.481 e. The van der Waals surface area contributed by atoms with Gasteiger partial charge >= 0.3 is 5.97 Å². The summed E-state index contributed by atoms with van der Waals surface area (Å²) in [5.74, 6) is 0.710. The van der Waals surface area contributed by atoms with Gasteiger partial charge in [-0.2, -0.15) is 0 Å². The summed E-state index contributed by atoms with van der Waals surface area (Å²) >= 11 is 5.90. The van der Waals surface area contributed by atoms with Crippen molar-refractivity contribution in [3.8, 4) is 0 Å². The molecule has 0 radical (unpaired) electrons.